The van der Waals surface area contributed by atoms with E-state index in [1.54, 1.807) is 19.1 Å². The van der Waals surface area contributed by atoms with Crippen molar-refractivity contribution >= 4 is 5.97 Å². The van der Waals surface area contributed by atoms with Crippen LogP contribution in [0.3, 0.4) is 0 Å². The number of benzene rings is 2. The molecule has 0 amide bonds. The first kappa shape index (κ1) is 27.4. The smallest absolute Gasteiger partial charge is 0.416 e. The fourth-order valence-corrected chi connectivity index (χ4v) is 5.08. The predicted molar refractivity (Wildman–Crippen MR) is 133 cm³/mol. The predicted octanol–water partition coefficient (Wildman–Crippen LogP) is 4.31. The van der Waals surface area contributed by atoms with Gasteiger partial charge in [-0.05, 0) is 61.1 Å². The third-order valence-electron chi connectivity index (χ3n) is 6.97. The highest BCUT2D eigenvalue weighted by Crippen LogP contribution is 2.45. The fraction of sp³-hybridized carbons (Fsp3) is 0.536. The maximum absolute atomic E-state index is 12.7. The van der Waals surface area contributed by atoms with Crippen LogP contribution in [0.25, 0.3) is 0 Å². The van der Waals surface area contributed by atoms with E-state index in [1.807, 2.05) is 31.2 Å². The molecule has 1 saturated carbocycles. The molecule has 0 radical (unpaired) electrons. The molecular formula is C28H35F3N2O4. The van der Waals surface area contributed by atoms with E-state index in [9.17, 15) is 18.0 Å². The highest BCUT2D eigenvalue weighted by atomic mass is 19.4. The number of piperidine rings is 1. The van der Waals surface area contributed by atoms with Crippen molar-refractivity contribution < 1.29 is 32.2 Å². The molecule has 9 heteroatoms. The van der Waals surface area contributed by atoms with Gasteiger partial charge in [0.25, 0.3) is 0 Å². The van der Waals surface area contributed by atoms with Crippen LogP contribution in [-0.4, -0.2) is 62.5 Å². The Balaban J connectivity index is 1.12. The van der Waals surface area contributed by atoms with Gasteiger partial charge in [0.2, 0.25) is 0 Å². The van der Waals surface area contributed by atoms with Crippen molar-refractivity contribution in [1.29, 1.82) is 0 Å². The van der Waals surface area contributed by atoms with Gasteiger partial charge >= 0.3 is 12.1 Å². The number of carbonyl (C=O) groups excluding carboxylic acids is 1. The van der Waals surface area contributed by atoms with Gasteiger partial charge in [0.1, 0.15) is 12.4 Å². The quantitative estimate of drug-likeness (QED) is 0.314. The molecule has 2 fully saturated rings. The highest BCUT2D eigenvalue weighted by molar-refractivity contribution is 5.75. The summed E-state index contributed by atoms with van der Waals surface area (Å²) < 4.78 is 54.7. The van der Waals surface area contributed by atoms with Crippen molar-refractivity contribution in [2.45, 2.75) is 45.1 Å². The fourth-order valence-electron chi connectivity index (χ4n) is 5.08. The first-order valence-electron chi connectivity index (χ1n) is 12.9. The number of hydrogen-bond donors (Lipinski definition) is 1. The lowest BCUT2D eigenvalue weighted by atomic mass is 10.1. The summed E-state index contributed by atoms with van der Waals surface area (Å²) in [6.45, 7) is 8.29. The lowest BCUT2D eigenvalue weighted by Crippen LogP contribution is -2.33. The molecule has 4 rings (SSSR count). The van der Waals surface area contributed by atoms with E-state index in [0.29, 0.717) is 50.7 Å². The number of likely N-dealkylation sites (tertiary alicyclic amines) is 1. The SMILES string of the molecule is CCOC(=O)[C@@H](Cc1ccc(OCCNC2C3CN(Cc4ccc(C(F)(F)F)cc4)C[C@@H]32)cc1)OCC. The molecule has 1 heterocycles. The van der Waals surface area contributed by atoms with Crippen molar-refractivity contribution in [2.24, 2.45) is 11.8 Å². The van der Waals surface area contributed by atoms with Crippen molar-refractivity contribution in [3.8, 4) is 5.75 Å². The second-order valence-corrected chi connectivity index (χ2v) is 9.59. The number of esters is 1. The first-order chi connectivity index (χ1) is 17.8. The first-order valence-corrected chi connectivity index (χ1v) is 12.9. The Kier molecular flexibility index (Phi) is 9.10. The van der Waals surface area contributed by atoms with Crippen LogP contribution in [0.15, 0.2) is 48.5 Å². The lowest BCUT2D eigenvalue weighted by Gasteiger charge is -2.20. The minimum atomic E-state index is -4.29. The van der Waals surface area contributed by atoms with Crippen molar-refractivity contribution in [3.05, 3.63) is 65.2 Å². The zero-order chi connectivity index (χ0) is 26.4. The number of carbonyl (C=O) groups is 1. The summed E-state index contributed by atoms with van der Waals surface area (Å²) in [5, 5.41) is 3.57. The van der Waals surface area contributed by atoms with Gasteiger partial charge in [-0.25, -0.2) is 4.79 Å². The molecule has 202 valence electrons. The molecule has 2 aromatic rings. The average Bonchev–Trinajstić information content (AvgIpc) is 3.32. The molecule has 6 nitrogen and oxygen atoms in total. The number of rotatable bonds is 13. The highest BCUT2D eigenvalue weighted by Gasteiger charge is 2.55. The number of alkyl halides is 3. The number of fused-ring (bicyclic) bond motifs is 1. The van der Waals surface area contributed by atoms with Crippen LogP contribution in [0.4, 0.5) is 13.2 Å². The van der Waals surface area contributed by atoms with E-state index >= 15 is 0 Å². The van der Waals surface area contributed by atoms with Crippen molar-refractivity contribution in [2.75, 3.05) is 39.5 Å². The maximum Gasteiger partial charge on any atom is 0.416 e. The molecule has 2 aliphatic rings. The molecular weight excluding hydrogens is 485 g/mol. The van der Waals surface area contributed by atoms with Crippen LogP contribution in [0.1, 0.15) is 30.5 Å². The summed E-state index contributed by atoms with van der Waals surface area (Å²) in [7, 11) is 0. The Morgan fingerprint density at radius 3 is 2.24 bits per heavy atom. The van der Waals surface area contributed by atoms with Gasteiger partial charge in [0.15, 0.2) is 6.10 Å². The van der Waals surface area contributed by atoms with Crippen LogP contribution in [-0.2, 0) is 33.4 Å². The standard InChI is InChI=1S/C28H35F3N2O4/c1-3-35-25(27(34)36-4-2)15-19-7-11-22(12-8-19)37-14-13-32-26-23-17-33(18-24(23)26)16-20-5-9-21(10-6-20)28(29,30)31/h5-12,23-26,32H,3-4,13-18H2,1-2H3/t23-,24?,25+,26?/m0/s1. The molecule has 0 spiro atoms. The normalized spacial score (nSPS) is 21.9. The topological polar surface area (TPSA) is 60.0 Å². The van der Waals surface area contributed by atoms with E-state index in [-0.39, 0.29) is 5.97 Å². The Labute approximate surface area is 216 Å². The molecule has 37 heavy (non-hydrogen) atoms. The minimum Gasteiger partial charge on any atom is -0.492 e. The van der Waals surface area contributed by atoms with E-state index < -0.39 is 17.8 Å². The summed E-state index contributed by atoms with van der Waals surface area (Å²) in [5.74, 6) is 1.61. The van der Waals surface area contributed by atoms with Gasteiger partial charge in [-0.3, -0.25) is 4.90 Å². The zero-order valence-electron chi connectivity index (χ0n) is 21.3. The second-order valence-electron chi connectivity index (χ2n) is 9.59. The Morgan fingerprint density at radius 1 is 1.00 bits per heavy atom. The largest absolute Gasteiger partial charge is 0.492 e. The molecule has 1 aliphatic carbocycles. The van der Waals surface area contributed by atoms with Gasteiger partial charge in [0, 0.05) is 45.2 Å². The number of hydrogen-bond acceptors (Lipinski definition) is 6. The Hall–Kier alpha value is -2.62. The summed E-state index contributed by atoms with van der Waals surface area (Å²) in [5.41, 5.74) is 1.28. The average molecular weight is 521 g/mol. The minimum absolute atomic E-state index is 0.326. The monoisotopic (exact) mass is 520 g/mol. The molecule has 1 saturated heterocycles. The summed E-state index contributed by atoms with van der Waals surface area (Å²) in [6.07, 6.45) is -4.45. The van der Waals surface area contributed by atoms with Gasteiger partial charge in [-0.15, -0.1) is 0 Å². The summed E-state index contributed by atoms with van der Waals surface area (Å²) >= 11 is 0. The number of nitrogens with zero attached hydrogens (tertiary/aromatic N) is 1. The third kappa shape index (κ3) is 7.46. The van der Waals surface area contributed by atoms with Gasteiger partial charge in [0.05, 0.1) is 12.2 Å². The van der Waals surface area contributed by atoms with Crippen LogP contribution < -0.4 is 10.1 Å². The number of halogens is 3. The van der Waals surface area contributed by atoms with Crippen LogP contribution in [0, 0.1) is 11.8 Å². The van der Waals surface area contributed by atoms with E-state index in [2.05, 4.69) is 10.2 Å². The van der Waals surface area contributed by atoms with Crippen molar-refractivity contribution in [3.63, 3.8) is 0 Å². The Bertz CT molecular complexity index is 1000. The summed E-state index contributed by atoms with van der Waals surface area (Å²) in [6, 6.07) is 13.6. The Morgan fingerprint density at radius 2 is 1.65 bits per heavy atom. The van der Waals surface area contributed by atoms with Crippen LogP contribution >= 0.6 is 0 Å². The van der Waals surface area contributed by atoms with Gasteiger partial charge in [-0.2, -0.15) is 13.2 Å². The maximum atomic E-state index is 12.7. The molecule has 2 aromatic carbocycles. The van der Waals surface area contributed by atoms with E-state index in [4.69, 9.17) is 14.2 Å². The third-order valence-corrected chi connectivity index (χ3v) is 6.97. The molecule has 0 bridgehead atoms. The molecule has 0 aromatic heterocycles. The molecule has 1 aliphatic heterocycles. The molecule has 2 unspecified atom stereocenters. The van der Waals surface area contributed by atoms with E-state index in [1.165, 1.54) is 0 Å². The number of ether oxygens (including phenoxy) is 3. The van der Waals surface area contributed by atoms with E-state index in [0.717, 1.165) is 48.6 Å². The van der Waals surface area contributed by atoms with Crippen LogP contribution in [0.2, 0.25) is 0 Å². The zero-order valence-corrected chi connectivity index (χ0v) is 21.3. The summed E-state index contributed by atoms with van der Waals surface area (Å²) in [4.78, 5) is 14.3. The molecule has 1 N–H and O–H groups in total. The second kappa shape index (κ2) is 12.3. The number of nitrogens with one attached hydrogen (secondary N) is 1. The van der Waals surface area contributed by atoms with Gasteiger partial charge < -0.3 is 19.5 Å². The van der Waals surface area contributed by atoms with Gasteiger partial charge in [-0.1, -0.05) is 24.3 Å². The lowest BCUT2D eigenvalue weighted by molar-refractivity contribution is -0.156. The van der Waals surface area contributed by atoms with Crippen molar-refractivity contribution in [1.82, 2.24) is 10.2 Å². The molecule has 4 atom stereocenters. The van der Waals surface area contributed by atoms with Crippen LogP contribution in [0.5, 0.6) is 5.75 Å².